The van der Waals surface area contributed by atoms with Crippen molar-refractivity contribution in [3.8, 4) is 0 Å². The van der Waals surface area contributed by atoms with Crippen LogP contribution in [0.5, 0.6) is 0 Å². The molecule has 1 rings (SSSR count). The second-order valence-corrected chi connectivity index (χ2v) is 5.81. The standard InChI is InChI=1S/C11H14O4S/c1-8-3-4-10(9(2)7-8)16(14,15)6-5-11(12)13/h3-4,7H,5-6H2,1-2H3,(H,12,13). The molecule has 0 aliphatic carbocycles. The number of aliphatic carboxylic acids is 1. The molecular formula is C11H14O4S. The number of rotatable bonds is 4. The highest BCUT2D eigenvalue weighted by Crippen LogP contribution is 2.18. The second-order valence-electron chi connectivity index (χ2n) is 3.73. The van der Waals surface area contributed by atoms with Crippen molar-refractivity contribution in [3.05, 3.63) is 29.3 Å². The van der Waals surface area contributed by atoms with E-state index in [0.717, 1.165) is 5.56 Å². The highest BCUT2D eigenvalue weighted by atomic mass is 32.2. The molecular weight excluding hydrogens is 228 g/mol. The van der Waals surface area contributed by atoms with Crippen molar-refractivity contribution in [3.63, 3.8) is 0 Å². The van der Waals surface area contributed by atoms with Gasteiger partial charge in [0.05, 0.1) is 17.1 Å². The van der Waals surface area contributed by atoms with Crippen LogP contribution in [0.3, 0.4) is 0 Å². The molecule has 1 aromatic rings. The summed E-state index contributed by atoms with van der Waals surface area (Å²) in [6.45, 7) is 3.58. The maximum atomic E-state index is 11.8. The van der Waals surface area contributed by atoms with Crippen molar-refractivity contribution in [1.82, 2.24) is 0 Å². The molecule has 0 bridgehead atoms. The fourth-order valence-corrected chi connectivity index (χ4v) is 2.97. The van der Waals surface area contributed by atoms with E-state index in [0.29, 0.717) is 5.56 Å². The van der Waals surface area contributed by atoms with Crippen molar-refractivity contribution in [2.45, 2.75) is 25.2 Å². The van der Waals surface area contributed by atoms with E-state index >= 15 is 0 Å². The summed E-state index contributed by atoms with van der Waals surface area (Å²) in [5.41, 5.74) is 1.64. The van der Waals surface area contributed by atoms with Gasteiger partial charge < -0.3 is 5.11 Å². The average Bonchev–Trinajstić information content (AvgIpc) is 2.14. The van der Waals surface area contributed by atoms with Crippen molar-refractivity contribution in [2.24, 2.45) is 0 Å². The van der Waals surface area contributed by atoms with Gasteiger partial charge in [0.25, 0.3) is 0 Å². The molecule has 1 N–H and O–H groups in total. The summed E-state index contributed by atoms with van der Waals surface area (Å²) in [6, 6.07) is 5.01. The Labute approximate surface area is 94.8 Å². The van der Waals surface area contributed by atoms with Crippen molar-refractivity contribution in [1.29, 1.82) is 0 Å². The van der Waals surface area contributed by atoms with E-state index in [9.17, 15) is 13.2 Å². The number of aryl methyl sites for hydroxylation is 2. The summed E-state index contributed by atoms with van der Waals surface area (Å²) < 4.78 is 23.6. The molecule has 0 aromatic heterocycles. The van der Waals surface area contributed by atoms with Gasteiger partial charge in [-0.05, 0) is 25.5 Å². The van der Waals surface area contributed by atoms with Crippen LogP contribution in [0.25, 0.3) is 0 Å². The fraction of sp³-hybridized carbons (Fsp3) is 0.364. The highest BCUT2D eigenvalue weighted by molar-refractivity contribution is 7.91. The number of hydrogen-bond donors (Lipinski definition) is 1. The van der Waals surface area contributed by atoms with Crippen LogP contribution < -0.4 is 0 Å². The van der Waals surface area contributed by atoms with Gasteiger partial charge in [-0.3, -0.25) is 4.79 Å². The van der Waals surface area contributed by atoms with Crippen LogP contribution in [0.2, 0.25) is 0 Å². The average molecular weight is 242 g/mol. The predicted octanol–water partition coefficient (Wildman–Crippen LogP) is 1.55. The molecule has 0 aliphatic heterocycles. The van der Waals surface area contributed by atoms with Crippen LogP contribution in [0.15, 0.2) is 23.1 Å². The quantitative estimate of drug-likeness (QED) is 0.869. The van der Waals surface area contributed by atoms with Gasteiger partial charge in [-0.2, -0.15) is 0 Å². The first kappa shape index (κ1) is 12.7. The Morgan fingerprint density at radius 3 is 2.44 bits per heavy atom. The summed E-state index contributed by atoms with van der Waals surface area (Å²) in [5, 5.41) is 8.47. The molecule has 0 saturated carbocycles. The maximum absolute atomic E-state index is 11.8. The molecule has 0 saturated heterocycles. The van der Waals surface area contributed by atoms with Crippen LogP contribution >= 0.6 is 0 Å². The first-order chi connectivity index (χ1) is 7.33. The van der Waals surface area contributed by atoms with Gasteiger partial charge >= 0.3 is 5.97 Å². The zero-order valence-electron chi connectivity index (χ0n) is 9.23. The molecule has 0 spiro atoms. The fourth-order valence-electron chi connectivity index (χ4n) is 1.48. The van der Waals surface area contributed by atoms with E-state index in [2.05, 4.69) is 0 Å². The van der Waals surface area contributed by atoms with E-state index in [1.54, 1.807) is 19.1 Å². The van der Waals surface area contributed by atoms with Gasteiger partial charge in [-0.1, -0.05) is 17.7 Å². The Morgan fingerprint density at radius 2 is 1.94 bits per heavy atom. The number of carboxylic acids is 1. The number of benzene rings is 1. The van der Waals surface area contributed by atoms with Gasteiger partial charge in [0.2, 0.25) is 0 Å². The third-order valence-corrected chi connectivity index (χ3v) is 4.12. The Kier molecular flexibility index (Phi) is 3.70. The SMILES string of the molecule is Cc1ccc(S(=O)(=O)CCC(=O)O)c(C)c1. The lowest BCUT2D eigenvalue weighted by Crippen LogP contribution is -2.12. The zero-order chi connectivity index (χ0) is 12.3. The summed E-state index contributed by atoms with van der Waals surface area (Å²) in [7, 11) is -3.48. The van der Waals surface area contributed by atoms with Crippen LogP contribution in [-0.4, -0.2) is 25.2 Å². The second kappa shape index (κ2) is 4.65. The lowest BCUT2D eigenvalue weighted by molar-refractivity contribution is -0.136. The number of sulfone groups is 1. The van der Waals surface area contributed by atoms with E-state index in [1.807, 2.05) is 6.92 Å². The van der Waals surface area contributed by atoms with Gasteiger partial charge in [0, 0.05) is 0 Å². The third-order valence-electron chi connectivity index (χ3n) is 2.25. The van der Waals surface area contributed by atoms with Gasteiger partial charge in [-0.25, -0.2) is 8.42 Å². The molecule has 0 fully saturated rings. The normalized spacial score (nSPS) is 11.4. The third kappa shape index (κ3) is 3.06. The van der Waals surface area contributed by atoms with Gasteiger partial charge in [0.15, 0.2) is 9.84 Å². The molecule has 1 aromatic carbocycles. The number of carbonyl (C=O) groups is 1. The molecule has 0 unspecified atom stereocenters. The molecule has 88 valence electrons. The molecule has 4 nitrogen and oxygen atoms in total. The first-order valence-electron chi connectivity index (χ1n) is 4.85. The maximum Gasteiger partial charge on any atom is 0.304 e. The van der Waals surface area contributed by atoms with E-state index in [1.165, 1.54) is 6.07 Å². The minimum atomic E-state index is -3.48. The minimum Gasteiger partial charge on any atom is -0.481 e. The largest absolute Gasteiger partial charge is 0.481 e. The minimum absolute atomic E-state index is 0.222. The summed E-state index contributed by atoms with van der Waals surface area (Å²) >= 11 is 0. The Hall–Kier alpha value is -1.36. The molecule has 0 amide bonds. The van der Waals surface area contributed by atoms with Crippen molar-refractivity contribution >= 4 is 15.8 Å². The van der Waals surface area contributed by atoms with E-state index in [-0.39, 0.29) is 17.1 Å². The van der Waals surface area contributed by atoms with Crippen molar-refractivity contribution < 1.29 is 18.3 Å². The van der Waals surface area contributed by atoms with E-state index in [4.69, 9.17) is 5.11 Å². The smallest absolute Gasteiger partial charge is 0.304 e. The van der Waals surface area contributed by atoms with Crippen LogP contribution in [0.1, 0.15) is 17.5 Å². The van der Waals surface area contributed by atoms with Gasteiger partial charge in [0.1, 0.15) is 0 Å². The topological polar surface area (TPSA) is 71.4 Å². The Morgan fingerprint density at radius 1 is 1.31 bits per heavy atom. The van der Waals surface area contributed by atoms with Crippen LogP contribution in [0, 0.1) is 13.8 Å². The number of carboxylic acid groups (broad SMARTS) is 1. The molecule has 0 heterocycles. The molecule has 0 atom stereocenters. The summed E-state index contributed by atoms with van der Waals surface area (Å²) in [5.74, 6) is -1.46. The summed E-state index contributed by atoms with van der Waals surface area (Å²) in [6.07, 6.45) is -0.365. The Balaban J connectivity index is 3.03. The summed E-state index contributed by atoms with van der Waals surface area (Å²) in [4.78, 5) is 10.6. The molecule has 16 heavy (non-hydrogen) atoms. The lowest BCUT2D eigenvalue weighted by Gasteiger charge is -2.07. The van der Waals surface area contributed by atoms with Gasteiger partial charge in [-0.15, -0.1) is 0 Å². The number of hydrogen-bond acceptors (Lipinski definition) is 3. The lowest BCUT2D eigenvalue weighted by atomic mass is 10.2. The monoisotopic (exact) mass is 242 g/mol. The van der Waals surface area contributed by atoms with Crippen LogP contribution in [-0.2, 0) is 14.6 Å². The highest BCUT2D eigenvalue weighted by Gasteiger charge is 2.18. The van der Waals surface area contributed by atoms with E-state index < -0.39 is 15.8 Å². The predicted molar refractivity (Wildman–Crippen MR) is 60.2 cm³/mol. The van der Waals surface area contributed by atoms with Crippen molar-refractivity contribution in [2.75, 3.05) is 5.75 Å². The van der Waals surface area contributed by atoms with Crippen LogP contribution in [0.4, 0.5) is 0 Å². The molecule has 0 radical (unpaired) electrons. The Bertz CT molecular complexity index is 503. The first-order valence-corrected chi connectivity index (χ1v) is 6.50. The molecule has 0 aliphatic rings. The zero-order valence-corrected chi connectivity index (χ0v) is 10.0. The molecule has 5 heteroatoms.